The molecule has 1 N–H and O–H groups in total. The molecule has 1 amide bonds. The molecule has 0 aliphatic carbocycles. The molecule has 0 saturated heterocycles. The first kappa shape index (κ1) is 18.7. The number of methoxy groups -OCH3 is 2. The summed E-state index contributed by atoms with van der Waals surface area (Å²) in [5.41, 5.74) is 3.41. The lowest BCUT2D eigenvalue weighted by atomic mass is 9.99. The second kappa shape index (κ2) is 8.18. The SMILES string of the molecule is COc1cc2c(cc1OC)CN(c1ccc(C(=O)Nc3ccccc3)nn1)CC2. The monoisotopic (exact) mass is 390 g/mol. The summed E-state index contributed by atoms with van der Waals surface area (Å²) in [7, 11) is 3.28. The Morgan fingerprint density at radius 1 is 0.966 bits per heavy atom. The van der Waals surface area contributed by atoms with E-state index in [-0.39, 0.29) is 11.6 Å². The van der Waals surface area contributed by atoms with Crippen molar-refractivity contribution in [3.63, 3.8) is 0 Å². The minimum absolute atomic E-state index is 0.279. The Morgan fingerprint density at radius 2 is 1.69 bits per heavy atom. The quantitative estimate of drug-likeness (QED) is 0.720. The highest BCUT2D eigenvalue weighted by atomic mass is 16.5. The third-order valence-electron chi connectivity index (χ3n) is 4.96. The van der Waals surface area contributed by atoms with E-state index in [0.29, 0.717) is 12.3 Å². The number of anilines is 2. The predicted molar refractivity (Wildman–Crippen MR) is 111 cm³/mol. The van der Waals surface area contributed by atoms with Gasteiger partial charge in [0, 0.05) is 18.8 Å². The van der Waals surface area contributed by atoms with Crippen molar-refractivity contribution >= 4 is 17.4 Å². The first-order chi connectivity index (χ1) is 14.2. The summed E-state index contributed by atoms with van der Waals surface area (Å²) in [5.74, 6) is 1.91. The molecule has 2 aromatic carbocycles. The molecule has 0 saturated carbocycles. The molecule has 0 atom stereocenters. The van der Waals surface area contributed by atoms with Gasteiger partial charge < -0.3 is 19.7 Å². The molecule has 2 heterocycles. The average Bonchev–Trinajstić information content (AvgIpc) is 2.78. The van der Waals surface area contributed by atoms with Crippen molar-refractivity contribution in [1.29, 1.82) is 0 Å². The average molecular weight is 390 g/mol. The van der Waals surface area contributed by atoms with Crippen LogP contribution in [0, 0.1) is 0 Å². The number of hydrogen-bond acceptors (Lipinski definition) is 6. The zero-order valence-electron chi connectivity index (χ0n) is 16.4. The summed E-state index contributed by atoms with van der Waals surface area (Å²) in [6.07, 6.45) is 0.869. The number of nitrogens with zero attached hydrogens (tertiary/aromatic N) is 3. The lowest BCUT2D eigenvalue weighted by Gasteiger charge is -2.30. The van der Waals surface area contributed by atoms with Crippen LogP contribution in [0.3, 0.4) is 0 Å². The lowest BCUT2D eigenvalue weighted by Crippen LogP contribution is -2.31. The number of carbonyl (C=O) groups excluding carboxylic acids is 1. The Hall–Kier alpha value is -3.61. The van der Waals surface area contributed by atoms with Gasteiger partial charge in [0.05, 0.1) is 14.2 Å². The number of benzene rings is 2. The van der Waals surface area contributed by atoms with Crippen LogP contribution < -0.4 is 19.7 Å². The molecule has 0 radical (unpaired) electrons. The highest BCUT2D eigenvalue weighted by Crippen LogP contribution is 2.34. The van der Waals surface area contributed by atoms with E-state index in [1.54, 1.807) is 20.3 Å². The molecule has 29 heavy (non-hydrogen) atoms. The van der Waals surface area contributed by atoms with Crippen molar-refractivity contribution in [2.24, 2.45) is 0 Å². The largest absolute Gasteiger partial charge is 0.493 e. The standard InChI is InChI=1S/C22H22N4O3/c1-28-19-12-15-10-11-26(14-16(15)13-20(19)29-2)21-9-8-18(24-25-21)22(27)23-17-6-4-3-5-7-17/h3-9,12-13H,10-11,14H2,1-2H3,(H,23,27). The van der Waals surface area contributed by atoms with Crippen molar-refractivity contribution in [1.82, 2.24) is 10.2 Å². The molecule has 7 heteroatoms. The molecule has 4 rings (SSSR count). The lowest BCUT2D eigenvalue weighted by molar-refractivity contribution is 0.102. The van der Waals surface area contributed by atoms with Crippen LogP contribution in [0.25, 0.3) is 0 Å². The third-order valence-corrected chi connectivity index (χ3v) is 4.96. The van der Waals surface area contributed by atoms with Crippen LogP contribution in [-0.2, 0) is 13.0 Å². The van der Waals surface area contributed by atoms with Crippen molar-refractivity contribution in [2.45, 2.75) is 13.0 Å². The first-order valence-corrected chi connectivity index (χ1v) is 9.37. The summed E-state index contributed by atoms with van der Waals surface area (Å²) in [6.45, 7) is 1.51. The zero-order valence-corrected chi connectivity index (χ0v) is 16.4. The van der Waals surface area contributed by atoms with Crippen molar-refractivity contribution < 1.29 is 14.3 Å². The van der Waals surface area contributed by atoms with E-state index in [1.807, 2.05) is 48.5 Å². The minimum atomic E-state index is -0.281. The number of rotatable bonds is 5. The summed E-state index contributed by atoms with van der Waals surface area (Å²) >= 11 is 0. The van der Waals surface area contributed by atoms with Gasteiger partial charge in [-0.15, -0.1) is 10.2 Å². The maximum atomic E-state index is 12.3. The topological polar surface area (TPSA) is 76.6 Å². The molecule has 1 aromatic heterocycles. The van der Waals surface area contributed by atoms with Gasteiger partial charge in [-0.2, -0.15) is 0 Å². The molecule has 0 bridgehead atoms. The number of aromatic nitrogens is 2. The molecule has 1 aliphatic rings. The highest BCUT2D eigenvalue weighted by molar-refractivity contribution is 6.02. The molecule has 0 unspecified atom stereocenters. The van der Waals surface area contributed by atoms with E-state index >= 15 is 0 Å². The number of para-hydroxylation sites is 1. The number of nitrogens with one attached hydrogen (secondary N) is 1. The van der Waals surface area contributed by atoms with Crippen molar-refractivity contribution in [3.05, 3.63) is 71.4 Å². The second-order valence-corrected chi connectivity index (χ2v) is 6.74. The van der Waals surface area contributed by atoms with Gasteiger partial charge in [-0.25, -0.2) is 0 Å². The summed E-state index contributed by atoms with van der Waals surface area (Å²) in [4.78, 5) is 14.5. The summed E-state index contributed by atoms with van der Waals surface area (Å²) < 4.78 is 10.8. The molecule has 1 aliphatic heterocycles. The fraction of sp³-hybridized carbons (Fsp3) is 0.227. The zero-order chi connectivity index (χ0) is 20.2. The normalized spacial score (nSPS) is 12.8. The van der Waals surface area contributed by atoms with E-state index < -0.39 is 0 Å². The Balaban J connectivity index is 1.48. The molecular weight excluding hydrogens is 368 g/mol. The van der Waals surface area contributed by atoms with Crippen LogP contribution in [0.4, 0.5) is 11.5 Å². The van der Waals surface area contributed by atoms with E-state index in [1.165, 1.54) is 11.1 Å². The van der Waals surface area contributed by atoms with Gasteiger partial charge in [0.1, 0.15) is 0 Å². The van der Waals surface area contributed by atoms with Crippen LogP contribution in [0.1, 0.15) is 21.6 Å². The maximum absolute atomic E-state index is 12.3. The van der Waals surface area contributed by atoms with Gasteiger partial charge >= 0.3 is 0 Å². The Morgan fingerprint density at radius 3 is 2.34 bits per heavy atom. The number of carbonyl (C=O) groups is 1. The Bertz CT molecular complexity index is 1010. The molecule has 148 valence electrons. The van der Waals surface area contributed by atoms with Crippen molar-refractivity contribution in [3.8, 4) is 11.5 Å². The van der Waals surface area contributed by atoms with Crippen LogP contribution in [-0.4, -0.2) is 36.9 Å². The number of fused-ring (bicyclic) bond motifs is 1. The molecule has 7 nitrogen and oxygen atoms in total. The van der Waals surface area contributed by atoms with Gasteiger partial charge in [0.2, 0.25) is 0 Å². The fourth-order valence-electron chi connectivity index (χ4n) is 3.41. The summed E-state index contributed by atoms with van der Waals surface area (Å²) in [6, 6.07) is 16.9. The predicted octanol–water partition coefficient (Wildman–Crippen LogP) is 3.31. The third kappa shape index (κ3) is 3.99. The Labute approximate surface area is 169 Å². The Kier molecular flexibility index (Phi) is 5.29. The van der Waals surface area contributed by atoms with E-state index in [0.717, 1.165) is 30.2 Å². The van der Waals surface area contributed by atoms with Gasteiger partial charge in [0.25, 0.3) is 5.91 Å². The summed E-state index contributed by atoms with van der Waals surface area (Å²) in [5, 5.41) is 11.2. The van der Waals surface area contributed by atoms with Crippen LogP contribution >= 0.6 is 0 Å². The van der Waals surface area contributed by atoms with Gasteiger partial charge in [-0.1, -0.05) is 18.2 Å². The molecule has 3 aromatic rings. The van der Waals surface area contributed by atoms with Crippen LogP contribution in [0.15, 0.2) is 54.6 Å². The van der Waals surface area contributed by atoms with Gasteiger partial charge in [0.15, 0.2) is 23.0 Å². The fourth-order valence-corrected chi connectivity index (χ4v) is 3.41. The first-order valence-electron chi connectivity index (χ1n) is 9.37. The minimum Gasteiger partial charge on any atom is -0.493 e. The smallest absolute Gasteiger partial charge is 0.276 e. The van der Waals surface area contributed by atoms with Crippen LogP contribution in [0.2, 0.25) is 0 Å². The second-order valence-electron chi connectivity index (χ2n) is 6.74. The van der Waals surface area contributed by atoms with E-state index in [4.69, 9.17) is 9.47 Å². The van der Waals surface area contributed by atoms with E-state index in [2.05, 4.69) is 20.4 Å². The van der Waals surface area contributed by atoms with Gasteiger partial charge in [-0.05, 0) is 53.9 Å². The molecular formula is C22H22N4O3. The number of amides is 1. The number of hydrogen-bond donors (Lipinski definition) is 1. The van der Waals surface area contributed by atoms with Gasteiger partial charge in [-0.3, -0.25) is 4.79 Å². The molecule has 0 spiro atoms. The van der Waals surface area contributed by atoms with Crippen LogP contribution in [0.5, 0.6) is 11.5 Å². The maximum Gasteiger partial charge on any atom is 0.276 e. The molecule has 0 fully saturated rings. The number of ether oxygens (including phenoxy) is 2. The van der Waals surface area contributed by atoms with E-state index in [9.17, 15) is 4.79 Å². The highest BCUT2D eigenvalue weighted by Gasteiger charge is 2.21. The van der Waals surface area contributed by atoms with Crippen molar-refractivity contribution in [2.75, 3.05) is 31.0 Å².